The Labute approximate surface area is 105 Å². The van der Waals surface area contributed by atoms with Crippen LogP contribution in [0, 0.1) is 5.82 Å². The fourth-order valence-corrected chi connectivity index (χ4v) is 2.29. The molecule has 0 heterocycles. The van der Waals surface area contributed by atoms with E-state index in [0.29, 0.717) is 20.8 Å². The fraction of sp³-hybridized carbons (Fsp3) is 0.0833. The molecule has 0 unspecified atom stereocenters. The van der Waals surface area contributed by atoms with Gasteiger partial charge in [0.2, 0.25) is 0 Å². The van der Waals surface area contributed by atoms with Crippen molar-refractivity contribution in [2.24, 2.45) is 0 Å². The van der Waals surface area contributed by atoms with E-state index in [1.165, 1.54) is 24.3 Å². The second kappa shape index (κ2) is 4.33. The van der Waals surface area contributed by atoms with Crippen LogP contribution in [0.1, 0.15) is 5.56 Å². The minimum atomic E-state index is -0.994. The van der Waals surface area contributed by atoms with Crippen LogP contribution in [0.2, 0.25) is 0 Å². The average molecular weight is 299 g/mol. The Morgan fingerprint density at radius 3 is 2.65 bits per heavy atom. The smallest absolute Gasteiger partial charge is 0.307 e. The molecule has 88 valence electrons. The zero-order valence-electron chi connectivity index (χ0n) is 8.58. The van der Waals surface area contributed by atoms with Gasteiger partial charge in [0.1, 0.15) is 11.6 Å². The number of phenolic OH excluding ortho intramolecular Hbond substituents is 1. The van der Waals surface area contributed by atoms with Gasteiger partial charge in [-0.3, -0.25) is 4.79 Å². The molecule has 5 heteroatoms. The van der Waals surface area contributed by atoms with Crippen molar-refractivity contribution in [2.75, 3.05) is 0 Å². The van der Waals surface area contributed by atoms with E-state index in [4.69, 9.17) is 5.11 Å². The molecule has 0 aliphatic carbocycles. The summed E-state index contributed by atoms with van der Waals surface area (Å²) in [5.41, 5.74) is 0.453. The largest absolute Gasteiger partial charge is 0.507 e. The van der Waals surface area contributed by atoms with E-state index in [-0.39, 0.29) is 12.2 Å². The minimum Gasteiger partial charge on any atom is -0.507 e. The molecular weight excluding hydrogens is 291 g/mol. The van der Waals surface area contributed by atoms with Gasteiger partial charge in [0.05, 0.1) is 6.42 Å². The number of rotatable bonds is 2. The minimum absolute atomic E-state index is 0.126. The molecule has 0 saturated heterocycles. The second-order valence-electron chi connectivity index (χ2n) is 3.63. The van der Waals surface area contributed by atoms with E-state index < -0.39 is 11.8 Å². The highest BCUT2D eigenvalue weighted by Gasteiger charge is 2.12. The lowest BCUT2D eigenvalue weighted by Gasteiger charge is -2.08. The van der Waals surface area contributed by atoms with Gasteiger partial charge in [0.15, 0.2) is 0 Å². The molecule has 0 aromatic heterocycles. The topological polar surface area (TPSA) is 57.5 Å². The molecule has 2 aromatic carbocycles. The lowest BCUT2D eigenvalue weighted by molar-refractivity contribution is -0.136. The van der Waals surface area contributed by atoms with Crippen molar-refractivity contribution in [3.05, 3.63) is 40.1 Å². The average Bonchev–Trinajstić information content (AvgIpc) is 2.25. The fourth-order valence-electron chi connectivity index (χ4n) is 1.69. The Balaban J connectivity index is 2.71. The summed E-state index contributed by atoms with van der Waals surface area (Å²) < 4.78 is 13.6. The van der Waals surface area contributed by atoms with Crippen molar-refractivity contribution in [3.8, 4) is 5.75 Å². The maximum Gasteiger partial charge on any atom is 0.307 e. The first-order valence-electron chi connectivity index (χ1n) is 4.80. The van der Waals surface area contributed by atoms with Crippen LogP contribution in [-0.4, -0.2) is 16.2 Å². The number of benzene rings is 2. The monoisotopic (exact) mass is 298 g/mol. The number of aromatic hydroxyl groups is 1. The predicted octanol–water partition coefficient (Wildman–Crippen LogP) is 3.07. The normalized spacial score (nSPS) is 10.7. The van der Waals surface area contributed by atoms with Crippen LogP contribution < -0.4 is 0 Å². The lowest BCUT2D eigenvalue weighted by Crippen LogP contribution is -2.01. The van der Waals surface area contributed by atoms with E-state index in [2.05, 4.69) is 15.9 Å². The summed E-state index contributed by atoms with van der Waals surface area (Å²) in [5, 5.41) is 19.4. The highest BCUT2D eigenvalue weighted by molar-refractivity contribution is 9.10. The van der Waals surface area contributed by atoms with Crippen LogP contribution in [0.3, 0.4) is 0 Å². The van der Waals surface area contributed by atoms with Gasteiger partial charge in [-0.15, -0.1) is 0 Å². The van der Waals surface area contributed by atoms with Crippen LogP contribution in [-0.2, 0) is 11.2 Å². The van der Waals surface area contributed by atoms with E-state index in [1.807, 2.05) is 0 Å². The molecule has 0 fully saturated rings. The number of carboxylic acid groups (broad SMARTS) is 1. The van der Waals surface area contributed by atoms with Crippen LogP contribution in [0.25, 0.3) is 10.8 Å². The second-order valence-corrected chi connectivity index (χ2v) is 4.42. The molecule has 0 aliphatic heterocycles. The zero-order valence-corrected chi connectivity index (χ0v) is 10.2. The Bertz CT molecular complexity index is 610. The van der Waals surface area contributed by atoms with Gasteiger partial charge < -0.3 is 10.2 Å². The first-order valence-corrected chi connectivity index (χ1v) is 5.59. The van der Waals surface area contributed by atoms with Crippen molar-refractivity contribution in [2.45, 2.75) is 6.42 Å². The van der Waals surface area contributed by atoms with Crippen LogP contribution in [0.4, 0.5) is 4.39 Å². The third-order valence-corrected chi connectivity index (χ3v) is 3.37. The van der Waals surface area contributed by atoms with Gasteiger partial charge in [-0.1, -0.05) is 6.07 Å². The van der Waals surface area contributed by atoms with E-state index >= 15 is 0 Å². The molecule has 2 rings (SSSR count). The van der Waals surface area contributed by atoms with E-state index in [9.17, 15) is 14.3 Å². The van der Waals surface area contributed by atoms with Crippen molar-refractivity contribution in [1.29, 1.82) is 0 Å². The summed E-state index contributed by atoms with van der Waals surface area (Å²) in [6.45, 7) is 0. The highest BCUT2D eigenvalue weighted by atomic mass is 79.9. The lowest BCUT2D eigenvalue weighted by atomic mass is 10.0. The summed E-state index contributed by atoms with van der Waals surface area (Å²) in [5.74, 6) is -1.57. The van der Waals surface area contributed by atoms with Crippen molar-refractivity contribution in [1.82, 2.24) is 0 Å². The molecule has 0 radical (unpaired) electrons. The molecule has 3 nitrogen and oxygen atoms in total. The quantitative estimate of drug-likeness (QED) is 0.896. The van der Waals surface area contributed by atoms with Gasteiger partial charge >= 0.3 is 5.97 Å². The maximum absolute atomic E-state index is 13.0. The number of hydrogen-bond acceptors (Lipinski definition) is 2. The molecular formula is C12H8BrFO3. The maximum atomic E-state index is 13.0. The molecule has 17 heavy (non-hydrogen) atoms. The van der Waals surface area contributed by atoms with Crippen LogP contribution in [0.5, 0.6) is 5.75 Å². The number of phenols is 1. The van der Waals surface area contributed by atoms with E-state index in [0.717, 1.165) is 0 Å². The number of fused-ring (bicyclic) bond motifs is 1. The zero-order chi connectivity index (χ0) is 12.6. The highest BCUT2D eigenvalue weighted by Crippen LogP contribution is 2.35. The standard InChI is InChI=1S/C12H8BrFO3/c13-12-6(4-11(16)17)3-10(15)9-5-7(14)1-2-8(9)12/h1-3,5,15H,4H2,(H,16,17). The third-order valence-electron chi connectivity index (χ3n) is 2.43. The Morgan fingerprint density at radius 1 is 1.29 bits per heavy atom. The molecule has 0 atom stereocenters. The molecule has 2 aromatic rings. The van der Waals surface area contributed by atoms with Crippen molar-refractivity contribution >= 4 is 32.7 Å². The van der Waals surface area contributed by atoms with E-state index in [1.54, 1.807) is 0 Å². The third kappa shape index (κ3) is 2.24. The summed E-state index contributed by atoms with van der Waals surface area (Å²) >= 11 is 3.27. The summed E-state index contributed by atoms with van der Waals surface area (Å²) in [6.07, 6.45) is -0.207. The Kier molecular flexibility index (Phi) is 3.02. The number of carboxylic acids is 1. The molecule has 0 amide bonds. The first-order chi connectivity index (χ1) is 7.99. The van der Waals surface area contributed by atoms with Gasteiger partial charge in [-0.25, -0.2) is 4.39 Å². The van der Waals surface area contributed by atoms with Gasteiger partial charge in [0, 0.05) is 15.2 Å². The van der Waals surface area contributed by atoms with Gasteiger partial charge in [-0.05, 0) is 39.7 Å². The van der Waals surface area contributed by atoms with Crippen LogP contribution >= 0.6 is 15.9 Å². The van der Waals surface area contributed by atoms with Crippen molar-refractivity contribution in [3.63, 3.8) is 0 Å². The number of hydrogen-bond donors (Lipinski definition) is 2. The first kappa shape index (κ1) is 11.9. The number of aliphatic carboxylic acids is 1. The SMILES string of the molecule is O=C(O)Cc1cc(O)c2cc(F)ccc2c1Br. The molecule has 0 saturated carbocycles. The molecule has 2 N–H and O–H groups in total. The summed E-state index contributed by atoms with van der Waals surface area (Å²) in [7, 11) is 0. The number of carbonyl (C=O) groups is 1. The van der Waals surface area contributed by atoms with Crippen LogP contribution in [0.15, 0.2) is 28.7 Å². The Morgan fingerprint density at radius 2 is 2.00 bits per heavy atom. The van der Waals surface area contributed by atoms with Gasteiger partial charge in [0.25, 0.3) is 0 Å². The molecule has 0 bridgehead atoms. The Hall–Kier alpha value is -1.62. The van der Waals surface area contributed by atoms with Gasteiger partial charge in [-0.2, -0.15) is 0 Å². The molecule has 0 spiro atoms. The van der Waals surface area contributed by atoms with Crippen molar-refractivity contribution < 1.29 is 19.4 Å². The summed E-state index contributed by atoms with van der Waals surface area (Å²) in [4.78, 5) is 10.7. The molecule has 0 aliphatic rings. The summed E-state index contributed by atoms with van der Waals surface area (Å²) in [6, 6.07) is 5.30. The predicted molar refractivity (Wildman–Crippen MR) is 64.6 cm³/mol. The number of halogens is 2.